The molecule has 0 aliphatic heterocycles. The van der Waals surface area contributed by atoms with E-state index in [1.165, 1.54) is 0 Å². The van der Waals surface area contributed by atoms with Crippen LogP contribution < -0.4 is 11.1 Å². The maximum absolute atomic E-state index is 8.61. The molecule has 0 radical (unpaired) electrons. The number of nitrogens with one attached hydrogen (secondary N) is 1. The van der Waals surface area contributed by atoms with Crippen LogP contribution in [0.1, 0.15) is 33.1 Å². The minimum Gasteiger partial charge on any atom is -0.396 e. The Bertz CT molecular complexity index is 94.4. The smallest absolute Gasteiger partial charge is 0.0443 e. The van der Waals surface area contributed by atoms with Crippen LogP contribution in [0.5, 0.6) is 0 Å². The van der Waals surface area contributed by atoms with E-state index >= 15 is 0 Å². The molecule has 0 amide bonds. The molecule has 0 spiro atoms. The predicted octanol–water partition coefficient (Wildman–Crippen LogP) is 0.476. The first kappa shape index (κ1) is 11.9. The van der Waals surface area contributed by atoms with Crippen LogP contribution >= 0.6 is 0 Å². The van der Waals surface area contributed by atoms with Gasteiger partial charge in [-0.15, -0.1) is 0 Å². The SMILES string of the molecule is CCC(CC)(CN)NCCCO. The fraction of sp³-hybridized carbons (Fsp3) is 1.00. The monoisotopic (exact) mass is 174 g/mol. The lowest BCUT2D eigenvalue weighted by Gasteiger charge is -2.31. The molecule has 3 heteroatoms. The summed E-state index contributed by atoms with van der Waals surface area (Å²) in [6.07, 6.45) is 2.90. The third-order valence-electron chi connectivity index (χ3n) is 2.58. The average Bonchev–Trinajstić information content (AvgIpc) is 2.14. The van der Waals surface area contributed by atoms with Crippen LogP contribution in [0, 0.1) is 0 Å². The lowest BCUT2D eigenvalue weighted by Crippen LogP contribution is -2.50. The van der Waals surface area contributed by atoms with Gasteiger partial charge in [-0.05, 0) is 25.8 Å². The van der Waals surface area contributed by atoms with Crippen LogP contribution in [0.3, 0.4) is 0 Å². The first-order chi connectivity index (χ1) is 5.74. The third kappa shape index (κ3) is 3.52. The molecule has 0 atom stereocenters. The van der Waals surface area contributed by atoms with E-state index in [-0.39, 0.29) is 12.1 Å². The molecule has 0 saturated heterocycles. The van der Waals surface area contributed by atoms with Crippen molar-refractivity contribution in [1.82, 2.24) is 5.32 Å². The van der Waals surface area contributed by atoms with Gasteiger partial charge in [-0.25, -0.2) is 0 Å². The highest BCUT2D eigenvalue weighted by Crippen LogP contribution is 2.12. The highest BCUT2D eigenvalue weighted by atomic mass is 16.3. The first-order valence-corrected chi connectivity index (χ1v) is 4.80. The van der Waals surface area contributed by atoms with Crippen molar-refractivity contribution in [3.05, 3.63) is 0 Å². The highest BCUT2D eigenvalue weighted by Gasteiger charge is 2.22. The molecule has 0 rings (SSSR count). The maximum Gasteiger partial charge on any atom is 0.0443 e. The Morgan fingerprint density at radius 2 is 1.92 bits per heavy atom. The van der Waals surface area contributed by atoms with Crippen molar-refractivity contribution in [2.24, 2.45) is 5.73 Å². The number of hydrogen-bond acceptors (Lipinski definition) is 3. The lowest BCUT2D eigenvalue weighted by molar-refractivity contribution is 0.260. The van der Waals surface area contributed by atoms with Crippen molar-refractivity contribution < 1.29 is 5.11 Å². The molecule has 0 aromatic heterocycles. The van der Waals surface area contributed by atoms with E-state index in [1.54, 1.807) is 0 Å². The minimum atomic E-state index is 0.0924. The fourth-order valence-corrected chi connectivity index (χ4v) is 1.29. The molecule has 3 nitrogen and oxygen atoms in total. The second kappa shape index (κ2) is 6.40. The van der Waals surface area contributed by atoms with Crippen molar-refractivity contribution in [2.75, 3.05) is 19.7 Å². The molecular formula is C9H22N2O. The Morgan fingerprint density at radius 3 is 2.25 bits per heavy atom. The van der Waals surface area contributed by atoms with E-state index in [0.29, 0.717) is 6.54 Å². The van der Waals surface area contributed by atoms with Crippen molar-refractivity contribution in [2.45, 2.75) is 38.6 Å². The van der Waals surface area contributed by atoms with Gasteiger partial charge in [-0.2, -0.15) is 0 Å². The molecule has 0 bridgehead atoms. The van der Waals surface area contributed by atoms with Crippen LogP contribution in [0.4, 0.5) is 0 Å². The largest absolute Gasteiger partial charge is 0.396 e. The zero-order valence-electron chi connectivity index (χ0n) is 8.27. The molecule has 0 aromatic carbocycles. The fourth-order valence-electron chi connectivity index (χ4n) is 1.29. The standard InChI is InChI=1S/C9H22N2O/c1-3-9(4-2,8-10)11-6-5-7-12/h11-12H,3-8,10H2,1-2H3. The predicted molar refractivity (Wildman–Crippen MR) is 52.1 cm³/mol. The zero-order chi connectivity index (χ0) is 9.45. The van der Waals surface area contributed by atoms with Gasteiger partial charge in [0.1, 0.15) is 0 Å². The number of hydrogen-bond donors (Lipinski definition) is 3. The van der Waals surface area contributed by atoms with Gasteiger partial charge < -0.3 is 16.2 Å². The van der Waals surface area contributed by atoms with Crippen LogP contribution in [-0.2, 0) is 0 Å². The van der Waals surface area contributed by atoms with Gasteiger partial charge in [0.25, 0.3) is 0 Å². The zero-order valence-corrected chi connectivity index (χ0v) is 8.27. The Kier molecular flexibility index (Phi) is 6.34. The topological polar surface area (TPSA) is 58.3 Å². The molecule has 12 heavy (non-hydrogen) atoms. The van der Waals surface area contributed by atoms with Crippen LogP contribution in [0.15, 0.2) is 0 Å². The number of aliphatic hydroxyl groups is 1. The summed E-state index contributed by atoms with van der Waals surface area (Å²) >= 11 is 0. The van der Waals surface area contributed by atoms with Crippen LogP contribution in [-0.4, -0.2) is 30.3 Å². The summed E-state index contributed by atoms with van der Waals surface area (Å²) in [4.78, 5) is 0. The molecule has 0 aliphatic carbocycles. The molecule has 74 valence electrons. The molecule has 0 aromatic rings. The molecule has 0 aliphatic rings. The van der Waals surface area contributed by atoms with E-state index in [2.05, 4.69) is 19.2 Å². The molecule has 0 saturated carbocycles. The van der Waals surface area contributed by atoms with Crippen LogP contribution in [0.25, 0.3) is 0 Å². The molecule has 4 N–H and O–H groups in total. The molecule has 0 unspecified atom stereocenters. The van der Waals surface area contributed by atoms with E-state index in [1.807, 2.05) is 0 Å². The number of rotatable bonds is 7. The van der Waals surface area contributed by atoms with Gasteiger partial charge >= 0.3 is 0 Å². The summed E-state index contributed by atoms with van der Waals surface area (Å²) in [5.74, 6) is 0. The van der Waals surface area contributed by atoms with E-state index in [0.717, 1.165) is 25.8 Å². The van der Waals surface area contributed by atoms with E-state index < -0.39 is 0 Å². The Labute approximate surface area is 75.3 Å². The van der Waals surface area contributed by atoms with Gasteiger partial charge in [-0.1, -0.05) is 13.8 Å². The van der Waals surface area contributed by atoms with Gasteiger partial charge in [0, 0.05) is 18.7 Å². The van der Waals surface area contributed by atoms with Crippen molar-refractivity contribution >= 4 is 0 Å². The average molecular weight is 174 g/mol. The first-order valence-electron chi connectivity index (χ1n) is 4.80. The Hall–Kier alpha value is -0.120. The summed E-state index contributed by atoms with van der Waals surface area (Å²) < 4.78 is 0. The third-order valence-corrected chi connectivity index (χ3v) is 2.58. The quantitative estimate of drug-likeness (QED) is 0.492. The lowest BCUT2D eigenvalue weighted by atomic mass is 9.93. The van der Waals surface area contributed by atoms with Gasteiger partial charge in [0.05, 0.1) is 0 Å². The Balaban J connectivity index is 3.76. The Morgan fingerprint density at radius 1 is 1.33 bits per heavy atom. The van der Waals surface area contributed by atoms with Crippen molar-refractivity contribution in [1.29, 1.82) is 0 Å². The second-order valence-electron chi connectivity index (χ2n) is 3.20. The van der Waals surface area contributed by atoms with E-state index in [9.17, 15) is 0 Å². The van der Waals surface area contributed by atoms with Gasteiger partial charge in [0.15, 0.2) is 0 Å². The second-order valence-corrected chi connectivity index (χ2v) is 3.20. The van der Waals surface area contributed by atoms with Gasteiger partial charge in [0.2, 0.25) is 0 Å². The summed E-state index contributed by atoms with van der Waals surface area (Å²) in [7, 11) is 0. The van der Waals surface area contributed by atoms with Crippen molar-refractivity contribution in [3.8, 4) is 0 Å². The summed E-state index contributed by atoms with van der Waals surface area (Å²) in [6, 6.07) is 0. The maximum atomic E-state index is 8.61. The number of aliphatic hydroxyl groups excluding tert-OH is 1. The summed E-state index contributed by atoms with van der Waals surface area (Å²) in [5, 5.41) is 12.0. The molecule has 0 fully saturated rings. The normalized spacial score (nSPS) is 12.0. The summed E-state index contributed by atoms with van der Waals surface area (Å²) in [6.45, 7) is 6.06. The molecular weight excluding hydrogens is 152 g/mol. The summed E-state index contributed by atoms with van der Waals surface area (Å²) in [5.41, 5.74) is 5.78. The van der Waals surface area contributed by atoms with Crippen molar-refractivity contribution in [3.63, 3.8) is 0 Å². The van der Waals surface area contributed by atoms with Crippen LogP contribution in [0.2, 0.25) is 0 Å². The molecule has 0 heterocycles. The van der Waals surface area contributed by atoms with Gasteiger partial charge in [-0.3, -0.25) is 0 Å². The minimum absolute atomic E-state index is 0.0924. The number of nitrogens with two attached hydrogens (primary N) is 1. The van der Waals surface area contributed by atoms with E-state index in [4.69, 9.17) is 10.8 Å². The highest BCUT2D eigenvalue weighted by molar-refractivity contribution is 4.85.